The highest BCUT2D eigenvalue weighted by molar-refractivity contribution is 9.10. The first-order valence-electron chi connectivity index (χ1n) is 6.49. The molecule has 0 saturated carbocycles. The van der Waals surface area contributed by atoms with Crippen molar-refractivity contribution in [3.8, 4) is 5.75 Å². The second kappa shape index (κ2) is 7.50. The van der Waals surface area contributed by atoms with Crippen LogP contribution in [0.1, 0.15) is 17.2 Å². The van der Waals surface area contributed by atoms with Crippen molar-refractivity contribution >= 4 is 39.1 Å². The molecule has 0 heterocycles. The summed E-state index contributed by atoms with van der Waals surface area (Å²) in [4.78, 5) is 0. The number of rotatable bonds is 5. The maximum Gasteiger partial charge on any atom is 0.119 e. The fourth-order valence-electron chi connectivity index (χ4n) is 2.21. The van der Waals surface area contributed by atoms with E-state index >= 15 is 0 Å². The van der Waals surface area contributed by atoms with Gasteiger partial charge in [-0.15, -0.1) is 0 Å². The Labute approximate surface area is 143 Å². The zero-order valence-electron chi connectivity index (χ0n) is 11.8. The van der Waals surface area contributed by atoms with E-state index in [-0.39, 0.29) is 6.04 Å². The van der Waals surface area contributed by atoms with Gasteiger partial charge in [0.05, 0.1) is 7.11 Å². The molecule has 0 fully saturated rings. The monoisotopic (exact) mass is 387 g/mol. The average molecular weight is 389 g/mol. The van der Waals surface area contributed by atoms with Crippen LogP contribution in [0.15, 0.2) is 40.9 Å². The van der Waals surface area contributed by atoms with Crippen LogP contribution in [0.5, 0.6) is 5.75 Å². The number of hydrogen-bond donors (Lipinski definition) is 1. The fourth-order valence-corrected chi connectivity index (χ4v) is 3.15. The second-order valence-electron chi connectivity index (χ2n) is 4.67. The maximum absolute atomic E-state index is 6.31. The van der Waals surface area contributed by atoms with Gasteiger partial charge in [0.2, 0.25) is 0 Å². The third kappa shape index (κ3) is 4.13. The standard InChI is InChI=1S/C16H16BrCl2NO/c1-20-16(13-5-3-11(18)9-15(13)19)8-10-7-12(21-2)4-6-14(10)17/h3-7,9,16,20H,8H2,1-2H3. The number of likely N-dealkylation sites (N-methyl/N-ethyl adjacent to an activating group) is 1. The summed E-state index contributed by atoms with van der Waals surface area (Å²) < 4.78 is 6.34. The Morgan fingerprint density at radius 3 is 2.57 bits per heavy atom. The van der Waals surface area contributed by atoms with E-state index in [1.807, 2.05) is 37.4 Å². The Kier molecular flexibility index (Phi) is 5.94. The first-order chi connectivity index (χ1) is 10.0. The lowest BCUT2D eigenvalue weighted by molar-refractivity contribution is 0.414. The summed E-state index contributed by atoms with van der Waals surface area (Å²) >= 11 is 15.9. The highest BCUT2D eigenvalue weighted by Crippen LogP contribution is 2.31. The van der Waals surface area contributed by atoms with Crippen molar-refractivity contribution in [1.29, 1.82) is 0 Å². The number of ether oxygens (including phenoxy) is 1. The molecule has 0 spiro atoms. The molecule has 0 aromatic heterocycles. The molecule has 112 valence electrons. The van der Waals surface area contributed by atoms with Gasteiger partial charge in [-0.3, -0.25) is 0 Å². The van der Waals surface area contributed by atoms with Crippen LogP contribution in [-0.4, -0.2) is 14.2 Å². The van der Waals surface area contributed by atoms with E-state index in [0.717, 1.165) is 27.8 Å². The van der Waals surface area contributed by atoms with E-state index in [1.54, 1.807) is 13.2 Å². The first-order valence-corrected chi connectivity index (χ1v) is 8.04. The van der Waals surface area contributed by atoms with E-state index in [0.29, 0.717) is 10.0 Å². The van der Waals surface area contributed by atoms with Crippen LogP contribution >= 0.6 is 39.1 Å². The molecule has 0 aliphatic rings. The van der Waals surface area contributed by atoms with Gasteiger partial charge in [0.15, 0.2) is 0 Å². The fraction of sp³-hybridized carbons (Fsp3) is 0.250. The number of nitrogens with one attached hydrogen (secondary N) is 1. The number of methoxy groups -OCH3 is 1. The quantitative estimate of drug-likeness (QED) is 0.753. The van der Waals surface area contributed by atoms with Gasteiger partial charge < -0.3 is 10.1 Å². The topological polar surface area (TPSA) is 21.3 Å². The molecular weight excluding hydrogens is 373 g/mol. The van der Waals surface area contributed by atoms with Crippen molar-refractivity contribution < 1.29 is 4.74 Å². The van der Waals surface area contributed by atoms with Crippen LogP contribution in [0.25, 0.3) is 0 Å². The van der Waals surface area contributed by atoms with Crippen LogP contribution in [0, 0.1) is 0 Å². The zero-order chi connectivity index (χ0) is 15.4. The van der Waals surface area contributed by atoms with Gasteiger partial charge in [-0.05, 0) is 54.9 Å². The second-order valence-corrected chi connectivity index (χ2v) is 6.37. The van der Waals surface area contributed by atoms with E-state index in [4.69, 9.17) is 27.9 Å². The van der Waals surface area contributed by atoms with Crippen molar-refractivity contribution in [3.05, 3.63) is 62.0 Å². The lowest BCUT2D eigenvalue weighted by atomic mass is 9.99. The van der Waals surface area contributed by atoms with E-state index < -0.39 is 0 Å². The van der Waals surface area contributed by atoms with Gasteiger partial charge in [-0.2, -0.15) is 0 Å². The highest BCUT2D eigenvalue weighted by Gasteiger charge is 2.16. The normalized spacial score (nSPS) is 12.2. The highest BCUT2D eigenvalue weighted by atomic mass is 79.9. The van der Waals surface area contributed by atoms with Crippen LogP contribution in [0.2, 0.25) is 10.0 Å². The van der Waals surface area contributed by atoms with Crippen molar-refractivity contribution in [2.24, 2.45) is 0 Å². The van der Waals surface area contributed by atoms with E-state index in [9.17, 15) is 0 Å². The Morgan fingerprint density at radius 1 is 1.19 bits per heavy atom. The molecule has 1 N–H and O–H groups in total. The zero-order valence-corrected chi connectivity index (χ0v) is 14.9. The molecule has 1 atom stereocenters. The van der Waals surface area contributed by atoms with Gasteiger partial charge in [0.1, 0.15) is 5.75 Å². The molecule has 2 rings (SSSR count). The number of benzene rings is 2. The van der Waals surface area contributed by atoms with Gasteiger partial charge in [0, 0.05) is 20.6 Å². The summed E-state index contributed by atoms with van der Waals surface area (Å²) in [7, 11) is 3.59. The van der Waals surface area contributed by atoms with Crippen molar-refractivity contribution in [3.63, 3.8) is 0 Å². The average Bonchev–Trinajstić information content (AvgIpc) is 2.47. The minimum Gasteiger partial charge on any atom is -0.497 e. The van der Waals surface area contributed by atoms with Crippen molar-refractivity contribution in [1.82, 2.24) is 5.32 Å². The lowest BCUT2D eigenvalue weighted by Gasteiger charge is -2.19. The van der Waals surface area contributed by atoms with Gasteiger partial charge in [0.25, 0.3) is 0 Å². The minimum atomic E-state index is 0.0955. The molecule has 2 nitrogen and oxygen atoms in total. The first kappa shape index (κ1) is 16.6. The summed E-state index contributed by atoms with van der Waals surface area (Å²) in [5.41, 5.74) is 2.18. The summed E-state index contributed by atoms with van der Waals surface area (Å²) in [5.74, 6) is 0.838. The molecule has 1 unspecified atom stereocenters. The maximum atomic E-state index is 6.31. The van der Waals surface area contributed by atoms with E-state index in [2.05, 4.69) is 21.2 Å². The third-order valence-corrected chi connectivity index (χ3v) is 4.70. The summed E-state index contributed by atoms with van der Waals surface area (Å²) in [6, 6.07) is 11.6. The Hall–Kier alpha value is -0.740. The predicted octanol–water partition coefficient (Wildman–Crippen LogP) is 5.27. The van der Waals surface area contributed by atoms with Gasteiger partial charge in [-0.25, -0.2) is 0 Å². The summed E-state index contributed by atoms with van der Waals surface area (Å²) in [6.07, 6.45) is 0.787. The van der Waals surface area contributed by atoms with Crippen LogP contribution < -0.4 is 10.1 Å². The van der Waals surface area contributed by atoms with Crippen LogP contribution in [-0.2, 0) is 6.42 Å². The number of hydrogen-bond acceptors (Lipinski definition) is 2. The molecule has 2 aromatic carbocycles. The predicted molar refractivity (Wildman–Crippen MR) is 92.7 cm³/mol. The van der Waals surface area contributed by atoms with Gasteiger partial charge >= 0.3 is 0 Å². The number of halogens is 3. The SMILES string of the molecule is CNC(Cc1cc(OC)ccc1Br)c1ccc(Cl)cc1Cl. The van der Waals surface area contributed by atoms with Crippen molar-refractivity contribution in [2.45, 2.75) is 12.5 Å². The molecule has 5 heteroatoms. The lowest BCUT2D eigenvalue weighted by Crippen LogP contribution is -2.19. The summed E-state index contributed by atoms with van der Waals surface area (Å²) in [5, 5.41) is 4.61. The Morgan fingerprint density at radius 2 is 1.95 bits per heavy atom. The van der Waals surface area contributed by atoms with Crippen LogP contribution in [0.3, 0.4) is 0 Å². The molecule has 21 heavy (non-hydrogen) atoms. The molecule has 2 aromatic rings. The third-order valence-electron chi connectivity index (χ3n) is 3.36. The van der Waals surface area contributed by atoms with Crippen LogP contribution in [0.4, 0.5) is 0 Å². The van der Waals surface area contributed by atoms with Crippen molar-refractivity contribution in [2.75, 3.05) is 14.2 Å². The van der Waals surface area contributed by atoms with E-state index in [1.165, 1.54) is 0 Å². The molecule has 0 aliphatic carbocycles. The molecule has 0 amide bonds. The molecular formula is C16H16BrCl2NO. The molecule has 0 bridgehead atoms. The minimum absolute atomic E-state index is 0.0955. The molecule has 0 saturated heterocycles. The molecule has 0 aliphatic heterocycles. The molecule has 0 radical (unpaired) electrons. The summed E-state index contributed by atoms with van der Waals surface area (Å²) in [6.45, 7) is 0. The van der Waals surface area contributed by atoms with Gasteiger partial charge in [-0.1, -0.05) is 45.2 Å². The smallest absolute Gasteiger partial charge is 0.119 e. The Bertz CT molecular complexity index is 634. The Balaban J connectivity index is 2.30. The largest absolute Gasteiger partial charge is 0.497 e.